The van der Waals surface area contributed by atoms with Crippen molar-refractivity contribution in [2.45, 2.75) is 12.5 Å². The maximum Gasteiger partial charge on any atom is 0.239 e. The zero-order valence-electron chi connectivity index (χ0n) is 12.8. The number of carbonyl (C=O) groups is 1. The van der Waals surface area contributed by atoms with Gasteiger partial charge in [0.15, 0.2) is 5.96 Å². The van der Waals surface area contributed by atoms with E-state index in [2.05, 4.69) is 25.5 Å². The van der Waals surface area contributed by atoms with Gasteiger partial charge in [-0.15, -0.1) is 24.0 Å². The fourth-order valence-electron chi connectivity index (χ4n) is 2.18. The molecular weight excluding hydrogens is 397 g/mol. The molecule has 1 saturated heterocycles. The molecule has 1 atom stereocenters. The van der Waals surface area contributed by atoms with E-state index in [-0.39, 0.29) is 42.5 Å². The number of likely N-dealkylation sites (N-methyl/N-ethyl adjacent to an activating group) is 1. The van der Waals surface area contributed by atoms with E-state index in [1.54, 1.807) is 20.3 Å². The first-order valence-electron chi connectivity index (χ1n) is 6.96. The van der Waals surface area contributed by atoms with Crippen LogP contribution in [0.3, 0.4) is 0 Å². The van der Waals surface area contributed by atoms with Gasteiger partial charge in [-0.3, -0.25) is 9.79 Å². The van der Waals surface area contributed by atoms with Crippen LogP contribution in [0.1, 0.15) is 6.42 Å². The van der Waals surface area contributed by atoms with Crippen molar-refractivity contribution in [3.8, 4) is 5.88 Å². The lowest BCUT2D eigenvalue weighted by molar-refractivity contribution is -0.119. The average molecular weight is 419 g/mol. The number of likely N-dealkylation sites (tertiary alicyclic amines) is 1. The van der Waals surface area contributed by atoms with Crippen molar-refractivity contribution in [2.75, 3.05) is 33.7 Å². The van der Waals surface area contributed by atoms with Crippen molar-refractivity contribution >= 4 is 35.8 Å². The second-order valence-corrected chi connectivity index (χ2v) is 4.72. The lowest BCUT2D eigenvalue weighted by Crippen LogP contribution is -2.44. The van der Waals surface area contributed by atoms with Crippen LogP contribution < -0.4 is 15.4 Å². The van der Waals surface area contributed by atoms with Gasteiger partial charge in [-0.1, -0.05) is 6.07 Å². The van der Waals surface area contributed by atoms with Gasteiger partial charge in [-0.05, 0) is 6.07 Å². The summed E-state index contributed by atoms with van der Waals surface area (Å²) < 4.78 is 5.83. The number of hydrogen-bond donors (Lipinski definition) is 2. The monoisotopic (exact) mass is 419 g/mol. The molecule has 1 aliphatic rings. The molecule has 2 rings (SSSR count). The molecule has 122 valence electrons. The number of rotatable bonds is 4. The van der Waals surface area contributed by atoms with Crippen LogP contribution >= 0.6 is 24.0 Å². The van der Waals surface area contributed by atoms with Gasteiger partial charge >= 0.3 is 0 Å². The molecule has 1 aromatic rings. The van der Waals surface area contributed by atoms with Gasteiger partial charge in [-0.2, -0.15) is 0 Å². The molecule has 2 heterocycles. The van der Waals surface area contributed by atoms with Gasteiger partial charge in [0, 0.05) is 39.3 Å². The van der Waals surface area contributed by atoms with Gasteiger partial charge in [0.25, 0.3) is 0 Å². The Labute approximate surface area is 147 Å². The van der Waals surface area contributed by atoms with Gasteiger partial charge in [-0.25, -0.2) is 4.98 Å². The Morgan fingerprint density at radius 1 is 1.55 bits per heavy atom. The maximum atomic E-state index is 11.3. The average Bonchev–Trinajstić information content (AvgIpc) is 2.97. The van der Waals surface area contributed by atoms with E-state index in [1.807, 2.05) is 18.2 Å². The largest absolute Gasteiger partial charge is 0.472 e. The minimum atomic E-state index is -0.0726. The third-order valence-corrected chi connectivity index (χ3v) is 3.27. The van der Waals surface area contributed by atoms with E-state index < -0.39 is 0 Å². The predicted molar refractivity (Wildman–Crippen MR) is 95.7 cm³/mol. The fraction of sp³-hybridized carbons (Fsp3) is 0.500. The molecule has 0 radical (unpaired) electrons. The summed E-state index contributed by atoms with van der Waals surface area (Å²) in [7, 11) is 3.32. The minimum Gasteiger partial charge on any atom is -0.472 e. The second-order valence-electron chi connectivity index (χ2n) is 4.72. The third kappa shape index (κ3) is 5.32. The topological polar surface area (TPSA) is 78.9 Å². The lowest BCUT2D eigenvalue weighted by Gasteiger charge is -2.21. The predicted octanol–water partition coefficient (Wildman–Crippen LogP) is 0.474. The SMILES string of the molecule is CN=C(NCC(=O)NC)N1CCC(Oc2ccccn2)C1.I. The molecule has 0 aliphatic carbocycles. The number of ether oxygens (including phenoxy) is 1. The summed E-state index contributed by atoms with van der Waals surface area (Å²) in [6, 6.07) is 5.61. The Morgan fingerprint density at radius 3 is 3.00 bits per heavy atom. The summed E-state index contributed by atoms with van der Waals surface area (Å²) in [5.74, 6) is 1.28. The highest BCUT2D eigenvalue weighted by atomic mass is 127. The van der Waals surface area contributed by atoms with Crippen LogP contribution in [-0.4, -0.2) is 61.6 Å². The molecule has 22 heavy (non-hydrogen) atoms. The van der Waals surface area contributed by atoms with Gasteiger partial charge in [0.2, 0.25) is 11.8 Å². The minimum absolute atomic E-state index is 0. The zero-order chi connectivity index (χ0) is 15.1. The summed E-state index contributed by atoms with van der Waals surface area (Å²) >= 11 is 0. The molecule has 0 bridgehead atoms. The van der Waals surface area contributed by atoms with E-state index in [1.165, 1.54) is 0 Å². The van der Waals surface area contributed by atoms with Crippen molar-refractivity contribution in [3.63, 3.8) is 0 Å². The number of nitrogens with one attached hydrogen (secondary N) is 2. The molecule has 1 amide bonds. The molecule has 0 aromatic carbocycles. The number of halogens is 1. The van der Waals surface area contributed by atoms with Gasteiger partial charge in [0.05, 0.1) is 13.1 Å². The van der Waals surface area contributed by atoms with Crippen LogP contribution in [0.2, 0.25) is 0 Å². The van der Waals surface area contributed by atoms with Crippen LogP contribution in [0.15, 0.2) is 29.4 Å². The molecule has 0 spiro atoms. The first kappa shape index (κ1) is 18.5. The zero-order valence-corrected chi connectivity index (χ0v) is 15.1. The van der Waals surface area contributed by atoms with E-state index in [0.717, 1.165) is 19.5 Å². The van der Waals surface area contributed by atoms with Gasteiger partial charge < -0.3 is 20.3 Å². The van der Waals surface area contributed by atoms with E-state index in [0.29, 0.717) is 11.8 Å². The molecule has 7 nitrogen and oxygen atoms in total. The van der Waals surface area contributed by atoms with Crippen molar-refractivity contribution in [2.24, 2.45) is 4.99 Å². The molecule has 8 heteroatoms. The Hall–Kier alpha value is -1.58. The summed E-state index contributed by atoms with van der Waals surface area (Å²) in [4.78, 5) is 21.7. The Kier molecular flexibility index (Phi) is 7.92. The van der Waals surface area contributed by atoms with Crippen LogP contribution in [0.25, 0.3) is 0 Å². The van der Waals surface area contributed by atoms with Crippen LogP contribution in [0.5, 0.6) is 5.88 Å². The van der Waals surface area contributed by atoms with E-state index in [9.17, 15) is 4.79 Å². The molecular formula is C14H22IN5O2. The Morgan fingerprint density at radius 2 is 2.36 bits per heavy atom. The molecule has 1 aromatic heterocycles. The number of pyridine rings is 1. The lowest BCUT2D eigenvalue weighted by atomic mass is 10.3. The molecule has 2 N–H and O–H groups in total. The summed E-state index contributed by atoms with van der Waals surface area (Å²) in [5, 5.41) is 5.61. The van der Waals surface area contributed by atoms with Crippen molar-refractivity contribution < 1.29 is 9.53 Å². The quantitative estimate of drug-likeness (QED) is 0.422. The standard InChI is InChI=1S/C14H21N5O2.HI/c1-15-12(20)9-18-14(16-2)19-8-6-11(10-19)21-13-5-3-4-7-17-13;/h3-5,7,11H,6,8-10H2,1-2H3,(H,15,20)(H,16,18);1H. The maximum absolute atomic E-state index is 11.3. The highest BCUT2D eigenvalue weighted by Gasteiger charge is 2.26. The second kappa shape index (κ2) is 9.44. The molecule has 1 unspecified atom stereocenters. The number of guanidine groups is 1. The first-order chi connectivity index (χ1) is 10.2. The number of hydrogen-bond acceptors (Lipinski definition) is 4. The van der Waals surface area contributed by atoms with Crippen molar-refractivity contribution in [1.82, 2.24) is 20.5 Å². The molecule has 1 aliphatic heterocycles. The number of aromatic nitrogens is 1. The van der Waals surface area contributed by atoms with Gasteiger partial charge in [0.1, 0.15) is 6.10 Å². The van der Waals surface area contributed by atoms with Crippen LogP contribution in [0.4, 0.5) is 0 Å². The van der Waals surface area contributed by atoms with Crippen LogP contribution in [-0.2, 0) is 4.79 Å². The smallest absolute Gasteiger partial charge is 0.239 e. The Balaban J connectivity index is 0.00000242. The van der Waals surface area contributed by atoms with E-state index >= 15 is 0 Å². The first-order valence-corrected chi connectivity index (χ1v) is 6.96. The highest BCUT2D eigenvalue weighted by molar-refractivity contribution is 14.0. The summed E-state index contributed by atoms with van der Waals surface area (Å²) in [5.41, 5.74) is 0. The fourth-order valence-corrected chi connectivity index (χ4v) is 2.18. The normalized spacial score (nSPS) is 17.6. The van der Waals surface area contributed by atoms with Crippen molar-refractivity contribution in [3.05, 3.63) is 24.4 Å². The number of carbonyl (C=O) groups excluding carboxylic acids is 1. The number of amides is 1. The van der Waals surface area contributed by atoms with Crippen molar-refractivity contribution in [1.29, 1.82) is 0 Å². The molecule has 1 fully saturated rings. The molecule has 0 saturated carbocycles. The number of nitrogens with zero attached hydrogens (tertiary/aromatic N) is 3. The van der Waals surface area contributed by atoms with Crippen LogP contribution in [0, 0.1) is 0 Å². The highest BCUT2D eigenvalue weighted by Crippen LogP contribution is 2.16. The summed E-state index contributed by atoms with van der Waals surface area (Å²) in [6.45, 7) is 1.78. The summed E-state index contributed by atoms with van der Waals surface area (Å²) in [6.07, 6.45) is 2.70. The number of aliphatic imine (C=N–C) groups is 1. The van der Waals surface area contributed by atoms with E-state index in [4.69, 9.17) is 4.74 Å². The third-order valence-electron chi connectivity index (χ3n) is 3.27. The Bertz CT molecular complexity index is 497.